The second-order valence-corrected chi connectivity index (χ2v) is 6.44. The summed E-state index contributed by atoms with van der Waals surface area (Å²) >= 11 is 5.82. The van der Waals surface area contributed by atoms with Crippen LogP contribution in [-0.2, 0) is 10.3 Å². The Labute approximate surface area is 155 Å². The summed E-state index contributed by atoms with van der Waals surface area (Å²) in [6.07, 6.45) is 0. The van der Waals surface area contributed by atoms with Crippen molar-refractivity contribution in [3.8, 4) is 11.8 Å². The van der Waals surface area contributed by atoms with E-state index in [1.165, 1.54) is 0 Å². The minimum Gasteiger partial charge on any atom is -0.492 e. The van der Waals surface area contributed by atoms with E-state index in [1.807, 2.05) is 6.07 Å². The van der Waals surface area contributed by atoms with Crippen LogP contribution in [0.1, 0.15) is 18.1 Å². The molecule has 1 saturated heterocycles. The van der Waals surface area contributed by atoms with Crippen LogP contribution >= 0.6 is 11.6 Å². The molecule has 0 radical (unpaired) electrons. The smallest absolute Gasteiger partial charge is 0.325 e. The largest absolute Gasteiger partial charge is 0.492 e. The van der Waals surface area contributed by atoms with E-state index in [0.29, 0.717) is 21.9 Å². The van der Waals surface area contributed by atoms with E-state index >= 15 is 0 Å². The highest BCUT2D eigenvalue weighted by Crippen LogP contribution is 2.29. The molecule has 3 amide bonds. The third-order valence-corrected chi connectivity index (χ3v) is 4.52. The molecule has 132 valence electrons. The van der Waals surface area contributed by atoms with Crippen molar-refractivity contribution in [2.24, 2.45) is 0 Å². The van der Waals surface area contributed by atoms with Gasteiger partial charge in [0.25, 0.3) is 5.91 Å². The summed E-state index contributed by atoms with van der Waals surface area (Å²) in [6, 6.07) is 15.0. The Balaban J connectivity index is 1.67. The summed E-state index contributed by atoms with van der Waals surface area (Å²) < 4.78 is 5.56. The van der Waals surface area contributed by atoms with Crippen LogP contribution in [0.2, 0.25) is 5.02 Å². The van der Waals surface area contributed by atoms with Crippen molar-refractivity contribution in [2.75, 3.05) is 13.2 Å². The molecule has 0 bridgehead atoms. The maximum Gasteiger partial charge on any atom is 0.325 e. The molecule has 2 aromatic carbocycles. The summed E-state index contributed by atoms with van der Waals surface area (Å²) in [5, 5.41) is 12.2. The van der Waals surface area contributed by atoms with E-state index < -0.39 is 11.6 Å². The first-order valence-corrected chi connectivity index (χ1v) is 8.35. The van der Waals surface area contributed by atoms with Gasteiger partial charge in [-0.3, -0.25) is 9.69 Å². The van der Waals surface area contributed by atoms with Crippen LogP contribution in [0.5, 0.6) is 5.75 Å². The molecule has 1 N–H and O–H groups in total. The third-order valence-electron chi connectivity index (χ3n) is 4.26. The van der Waals surface area contributed by atoms with Crippen LogP contribution in [0, 0.1) is 11.3 Å². The molecule has 0 unspecified atom stereocenters. The van der Waals surface area contributed by atoms with Crippen molar-refractivity contribution in [2.45, 2.75) is 12.5 Å². The van der Waals surface area contributed by atoms with Crippen LogP contribution < -0.4 is 10.1 Å². The Morgan fingerprint density at radius 2 is 1.81 bits per heavy atom. The van der Waals surface area contributed by atoms with Crippen molar-refractivity contribution < 1.29 is 14.3 Å². The zero-order chi connectivity index (χ0) is 18.7. The van der Waals surface area contributed by atoms with Crippen LogP contribution in [0.25, 0.3) is 0 Å². The van der Waals surface area contributed by atoms with Gasteiger partial charge in [-0.25, -0.2) is 4.79 Å². The Bertz CT molecular complexity index is 874. The van der Waals surface area contributed by atoms with E-state index in [-0.39, 0.29) is 19.1 Å². The molecule has 0 spiro atoms. The van der Waals surface area contributed by atoms with Crippen molar-refractivity contribution in [3.63, 3.8) is 0 Å². The summed E-state index contributed by atoms with van der Waals surface area (Å²) in [4.78, 5) is 26.2. The average molecular weight is 370 g/mol. The SMILES string of the molecule is C[C@@]1(c2ccc(C#N)cc2)NC(=O)N(CCOc2ccc(Cl)cc2)C1=O. The van der Waals surface area contributed by atoms with Gasteiger partial charge in [-0.05, 0) is 48.9 Å². The molecule has 26 heavy (non-hydrogen) atoms. The number of benzene rings is 2. The van der Waals surface area contributed by atoms with Gasteiger partial charge in [-0.2, -0.15) is 5.26 Å². The Morgan fingerprint density at radius 1 is 1.15 bits per heavy atom. The van der Waals surface area contributed by atoms with Crippen molar-refractivity contribution in [1.29, 1.82) is 5.26 Å². The number of hydrogen-bond donors (Lipinski definition) is 1. The fourth-order valence-electron chi connectivity index (χ4n) is 2.76. The fourth-order valence-corrected chi connectivity index (χ4v) is 2.89. The molecule has 1 heterocycles. The van der Waals surface area contributed by atoms with Crippen LogP contribution in [0.15, 0.2) is 48.5 Å². The maximum absolute atomic E-state index is 12.8. The lowest BCUT2D eigenvalue weighted by molar-refractivity contribution is -0.131. The molecule has 7 heteroatoms. The minimum atomic E-state index is -1.16. The van der Waals surface area contributed by atoms with E-state index in [1.54, 1.807) is 55.5 Å². The first-order chi connectivity index (χ1) is 12.4. The predicted molar refractivity (Wildman–Crippen MR) is 95.7 cm³/mol. The lowest BCUT2D eigenvalue weighted by Gasteiger charge is -2.22. The number of rotatable bonds is 5. The monoisotopic (exact) mass is 369 g/mol. The molecule has 2 aromatic rings. The Morgan fingerprint density at radius 3 is 2.42 bits per heavy atom. The number of halogens is 1. The molecule has 1 fully saturated rings. The van der Waals surface area contributed by atoms with Gasteiger partial charge >= 0.3 is 6.03 Å². The highest BCUT2D eigenvalue weighted by molar-refractivity contribution is 6.30. The van der Waals surface area contributed by atoms with Crippen LogP contribution in [0.4, 0.5) is 4.79 Å². The summed E-state index contributed by atoms with van der Waals surface area (Å²) in [6.45, 7) is 1.94. The first-order valence-electron chi connectivity index (χ1n) is 7.97. The van der Waals surface area contributed by atoms with Gasteiger partial charge in [0, 0.05) is 5.02 Å². The number of hydrogen-bond acceptors (Lipinski definition) is 4. The number of nitrogens with zero attached hydrogens (tertiary/aromatic N) is 2. The quantitative estimate of drug-likeness (QED) is 0.821. The van der Waals surface area contributed by atoms with Crippen molar-refractivity contribution >= 4 is 23.5 Å². The fraction of sp³-hybridized carbons (Fsp3) is 0.211. The zero-order valence-corrected chi connectivity index (χ0v) is 14.8. The number of ether oxygens (including phenoxy) is 1. The van der Waals surface area contributed by atoms with E-state index in [2.05, 4.69) is 5.32 Å². The predicted octanol–water partition coefficient (Wildman–Crippen LogP) is 3.06. The molecule has 1 aliphatic heterocycles. The van der Waals surface area contributed by atoms with E-state index in [0.717, 1.165) is 4.90 Å². The number of amides is 3. The van der Waals surface area contributed by atoms with Gasteiger partial charge in [-0.1, -0.05) is 23.7 Å². The Kier molecular flexibility index (Phi) is 4.83. The second kappa shape index (κ2) is 7.06. The van der Waals surface area contributed by atoms with Crippen molar-refractivity contribution in [3.05, 3.63) is 64.7 Å². The number of nitrogens with one attached hydrogen (secondary N) is 1. The molecule has 3 rings (SSSR count). The van der Waals surface area contributed by atoms with Gasteiger partial charge in [0.2, 0.25) is 0 Å². The van der Waals surface area contributed by atoms with Gasteiger partial charge in [0.1, 0.15) is 17.9 Å². The van der Waals surface area contributed by atoms with Crippen molar-refractivity contribution in [1.82, 2.24) is 10.2 Å². The zero-order valence-electron chi connectivity index (χ0n) is 14.0. The van der Waals surface area contributed by atoms with Gasteiger partial charge in [-0.15, -0.1) is 0 Å². The highest BCUT2D eigenvalue weighted by atomic mass is 35.5. The molecule has 0 saturated carbocycles. The number of carbonyl (C=O) groups excluding carboxylic acids is 2. The Hall–Kier alpha value is -3.04. The molecular formula is C19H16ClN3O3. The number of carbonyl (C=O) groups is 2. The summed E-state index contributed by atoms with van der Waals surface area (Å²) in [5.41, 5.74) is -0.0518. The highest BCUT2D eigenvalue weighted by Gasteiger charge is 2.48. The number of urea groups is 1. The molecule has 1 atom stereocenters. The molecule has 0 aliphatic carbocycles. The molecule has 1 aliphatic rings. The summed E-state index contributed by atoms with van der Waals surface area (Å²) in [5.74, 6) is 0.253. The van der Waals surface area contributed by atoms with Gasteiger partial charge in [0.05, 0.1) is 18.2 Å². The lowest BCUT2D eigenvalue weighted by atomic mass is 9.91. The molecule has 0 aromatic heterocycles. The van der Waals surface area contributed by atoms with Gasteiger partial charge < -0.3 is 10.1 Å². The normalized spacial score (nSPS) is 19.2. The second-order valence-electron chi connectivity index (χ2n) is 6.00. The standard InChI is InChI=1S/C19H16ClN3O3/c1-19(14-4-2-13(12-21)3-5-14)17(24)23(18(25)22-19)10-11-26-16-8-6-15(20)7-9-16/h2-9H,10-11H2,1H3,(H,22,25)/t19-/m0/s1. The van der Waals surface area contributed by atoms with Crippen LogP contribution in [0.3, 0.4) is 0 Å². The minimum absolute atomic E-state index is 0.124. The van der Waals surface area contributed by atoms with E-state index in [4.69, 9.17) is 21.6 Å². The molecule has 6 nitrogen and oxygen atoms in total. The number of imide groups is 1. The topological polar surface area (TPSA) is 82.4 Å². The first kappa shape index (κ1) is 17.8. The molecular weight excluding hydrogens is 354 g/mol. The maximum atomic E-state index is 12.8. The van der Waals surface area contributed by atoms with Crippen LogP contribution in [-0.4, -0.2) is 30.0 Å². The third kappa shape index (κ3) is 3.35. The van der Waals surface area contributed by atoms with Gasteiger partial charge in [0.15, 0.2) is 0 Å². The summed E-state index contributed by atoms with van der Waals surface area (Å²) in [7, 11) is 0. The lowest BCUT2D eigenvalue weighted by Crippen LogP contribution is -2.41. The van der Waals surface area contributed by atoms with E-state index in [9.17, 15) is 9.59 Å². The average Bonchev–Trinajstić information content (AvgIpc) is 2.87. The number of nitriles is 1.